The number of hydrogen-bond donors (Lipinski definition) is 1. The van der Waals surface area contributed by atoms with E-state index in [1.54, 1.807) is 30.3 Å². The van der Waals surface area contributed by atoms with Crippen molar-refractivity contribution in [1.29, 1.82) is 0 Å². The van der Waals surface area contributed by atoms with Crippen molar-refractivity contribution in [3.05, 3.63) is 88.9 Å². The molecule has 0 saturated carbocycles. The highest BCUT2D eigenvalue weighted by Crippen LogP contribution is 2.34. The van der Waals surface area contributed by atoms with E-state index < -0.39 is 28.5 Å². The normalized spacial score (nSPS) is 12.0. The molecule has 0 spiro atoms. The predicted octanol–water partition coefficient (Wildman–Crippen LogP) is 4.54. The number of anilines is 1. The van der Waals surface area contributed by atoms with E-state index in [1.165, 1.54) is 31.3 Å². The summed E-state index contributed by atoms with van der Waals surface area (Å²) in [6.45, 7) is 3.78. The number of methoxy groups -OCH3 is 2. The van der Waals surface area contributed by atoms with Gasteiger partial charge >= 0.3 is 0 Å². The molecule has 0 heterocycles. The highest BCUT2D eigenvalue weighted by molar-refractivity contribution is 7.92. The summed E-state index contributed by atoms with van der Waals surface area (Å²) >= 11 is 6.49. The van der Waals surface area contributed by atoms with Crippen LogP contribution in [0.1, 0.15) is 25.0 Å². The summed E-state index contributed by atoms with van der Waals surface area (Å²) in [7, 11) is -1.08. The fourth-order valence-electron chi connectivity index (χ4n) is 4.37. The van der Waals surface area contributed by atoms with Gasteiger partial charge in [-0.2, -0.15) is 0 Å². The number of amides is 2. The Morgan fingerprint density at radius 2 is 1.62 bits per heavy atom. The van der Waals surface area contributed by atoms with Crippen molar-refractivity contribution in [2.75, 3.05) is 37.9 Å². The SMILES string of the molecule is COc1ccc(N(CC(=O)N(Cc2ccccc2Cl)C(Cc2ccccc2)C(=O)NCC(C)C)S(C)(=O)=O)c(OC)c1. The molecule has 1 atom stereocenters. The molecule has 3 aromatic carbocycles. The van der Waals surface area contributed by atoms with E-state index in [4.69, 9.17) is 21.1 Å². The van der Waals surface area contributed by atoms with Crippen LogP contribution in [0.4, 0.5) is 5.69 Å². The van der Waals surface area contributed by atoms with Crippen LogP contribution in [0.3, 0.4) is 0 Å². The van der Waals surface area contributed by atoms with Gasteiger partial charge in [-0.25, -0.2) is 8.42 Å². The maximum atomic E-state index is 14.2. The van der Waals surface area contributed by atoms with Crippen molar-refractivity contribution in [3.63, 3.8) is 0 Å². The first-order chi connectivity index (χ1) is 19.9. The number of hydrogen-bond acceptors (Lipinski definition) is 6. The Bertz CT molecular complexity index is 1470. The van der Waals surface area contributed by atoms with Crippen LogP contribution in [0.2, 0.25) is 5.02 Å². The monoisotopic (exact) mass is 615 g/mol. The second-order valence-electron chi connectivity index (χ2n) is 10.3. The lowest BCUT2D eigenvalue weighted by molar-refractivity contribution is -0.140. The zero-order valence-electron chi connectivity index (χ0n) is 24.5. The van der Waals surface area contributed by atoms with Gasteiger partial charge in [0.1, 0.15) is 24.1 Å². The minimum Gasteiger partial charge on any atom is -0.497 e. The molecule has 3 rings (SSSR count). The molecule has 0 radical (unpaired) electrons. The summed E-state index contributed by atoms with van der Waals surface area (Å²) in [6.07, 6.45) is 1.23. The van der Waals surface area contributed by atoms with Gasteiger partial charge in [0.15, 0.2) is 0 Å². The second-order valence-corrected chi connectivity index (χ2v) is 12.6. The third-order valence-electron chi connectivity index (χ3n) is 6.59. The van der Waals surface area contributed by atoms with E-state index in [-0.39, 0.29) is 36.2 Å². The number of ether oxygens (including phenoxy) is 2. The van der Waals surface area contributed by atoms with Crippen molar-refractivity contribution in [2.45, 2.75) is 32.9 Å². The largest absolute Gasteiger partial charge is 0.497 e. The summed E-state index contributed by atoms with van der Waals surface area (Å²) in [5.41, 5.74) is 1.63. The summed E-state index contributed by atoms with van der Waals surface area (Å²) in [5, 5.41) is 3.38. The number of carbonyl (C=O) groups excluding carboxylic acids is 2. The lowest BCUT2D eigenvalue weighted by Crippen LogP contribution is -2.53. The van der Waals surface area contributed by atoms with Crippen LogP contribution in [-0.2, 0) is 32.6 Å². The Balaban J connectivity index is 2.10. The van der Waals surface area contributed by atoms with Gasteiger partial charge in [0.25, 0.3) is 0 Å². The van der Waals surface area contributed by atoms with Gasteiger partial charge < -0.3 is 19.7 Å². The smallest absolute Gasteiger partial charge is 0.244 e. The lowest BCUT2D eigenvalue weighted by atomic mass is 10.0. The summed E-state index contributed by atoms with van der Waals surface area (Å²) in [6, 6.07) is 20.1. The molecule has 0 aliphatic rings. The van der Waals surface area contributed by atoms with E-state index in [0.717, 1.165) is 16.1 Å². The molecule has 0 saturated heterocycles. The summed E-state index contributed by atoms with van der Waals surface area (Å²) in [4.78, 5) is 29.3. The van der Waals surface area contributed by atoms with Crippen LogP contribution in [0.5, 0.6) is 11.5 Å². The molecule has 9 nitrogen and oxygen atoms in total. The predicted molar refractivity (Wildman–Crippen MR) is 166 cm³/mol. The lowest BCUT2D eigenvalue weighted by Gasteiger charge is -2.34. The number of rotatable bonds is 14. The highest BCUT2D eigenvalue weighted by atomic mass is 35.5. The van der Waals surface area contributed by atoms with E-state index in [1.807, 2.05) is 44.2 Å². The average molecular weight is 616 g/mol. The first kappa shape index (κ1) is 32.8. The Hall–Kier alpha value is -3.76. The number of nitrogens with zero attached hydrogens (tertiary/aromatic N) is 2. The van der Waals surface area contributed by atoms with Crippen LogP contribution < -0.4 is 19.1 Å². The molecule has 0 fully saturated rings. The van der Waals surface area contributed by atoms with Crippen molar-refractivity contribution < 1.29 is 27.5 Å². The van der Waals surface area contributed by atoms with Crippen LogP contribution in [0.15, 0.2) is 72.8 Å². The quantitative estimate of drug-likeness (QED) is 0.286. The number of benzene rings is 3. The molecule has 1 unspecified atom stereocenters. The molecule has 0 aliphatic carbocycles. The number of sulfonamides is 1. The zero-order chi connectivity index (χ0) is 30.9. The van der Waals surface area contributed by atoms with Gasteiger partial charge in [-0.15, -0.1) is 0 Å². The van der Waals surface area contributed by atoms with Crippen molar-refractivity contribution >= 4 is 39.1 Å². The zero-order valence-corrected chi connectivity index (χ0v) is 26.1. The average Bonchev–Trinajstić information content (AvgIpc) is 2.96. The Labute approximate surface area is 253 Å². The second kappa shape index (κ2) is 14.9. The standard InChI is InChI=1S/C31H38ClN3O6S/c1-22(2)19-33-31(37)28(17-23-11-7-6-8-12-23)34(20-24-13-9-10-14-26(24)32)30(36)21-35(42(5,38)39)27-16-15-25(40-3)18-29(27)41-4/h6-16,18,22,28H,17,19-21H2,1-5H3,(H,33,37). The molecule has 0 bridgehead atoms. The molecule has 226 valence electrons. The van der Waals surface area contributed by atoms with Gasteiger partial charge in [-0.1, -0.05) is 74.0 Å². The van der Waals surface area contributed by atoms with Gasteiger partial charge in [-0.3, -0.25) is 13.9 Å². The molecule has 3 aromatic rings. The summed E-state index contributed by atoms with van der Waals surface area (Å²) < 4.78 is 37.8. The Morgan fingerprint density at radius 1 is 0.952 bits per heavy atom. The fraction of sp³-hybridized carbons (Fsp3) is 0.355. The molecule has 42 heavy (non-hydrogen) atoms. The first-order valence-corrected chi connectivity index (χ1v) is 15.7. The van der Waals surface area contributed by atoms with E-state index in [9.17, 15) is 18.0 Å². The van der Waals surface area contributed by atoms with Gasteiger partial charge in [0.2, 0.25) is 21.8 Å². The molecule has 2 amide bonds. The molecular formula is C31H38ClN3O6S. The van der Waals surface area contributed by atoms with Crippen LogP contribution in [0, 0.1) is 5.92 Å². The third kappa shape index (κ3) is 8.87. The maximum absolute atomic E-state index is 14.2. The number of halogens is 1. The van der Waals surface area contributed by atoms with Crippen LogP contribution in [-0.4, -0.2) is 64.7 Å². The van der Waals surface area contributed by atoms with Crippen molar-refractivity contribution in [2.24, 2.45) is 5.92 Å². The van der Waals surface area contributed by atoms with Gasteiger partial charge in [0.05, 0.1) is 26.2 Å². The van der Waals surface area contributed by atoms with Gasteiger partial charge in [0, 0.05) is 30.6 Å². The Kier molecular flexibility index (Phi) is 11.6. The van der Waals surface area contributed by atoms with Crippen LogP contribution >= 0.6 is 11.6 Å². The van der Waals surface area contributed by atoms with E-state index >= 15 is 0 Å². The van der Waals surface area contributed by atoms with E-state index in [2.05, 4.69) is 5.32 Å². The molecule has 0 aliphatic heterocycles. The molecule has 0 aromatic heterocycles. The number of carbonyl (C=O) groups is 2. The van der Waals surface area contributed by atoms with Gasteiger partial charge in [-0.05, 0) is 35.2 Å². The minimum absolute atomic E-state index is 0.0115. The fourth-order valence-corrected chi connectivity index (χ4v) is 5.42. The molecular weight excluding hydrogens is 578 g/mol. The number of nitrogens with one attached hydrogen (secondary N) is 1. The maximum Gasteiger partial charge on any atom is 0.244 e. The molecule has 11 heteroatoms. The topological polar surface area (TPSA) is 105 Å². The minimum atomic E-state index is -3.97. The van der Waals surface area contributed by atoms with Crippen molar-refractivity contribution in [1.82, 2.24) is 10.2 Å². The van der Waals surface area contributed by atoms with E-state index in [0.29, 0.717) is 22.9 Å². The highest BCUT2D eigenvalue weighted by Gasteiger charge is 2.34. The third-order valence-corrected chi connectivity index (χ3v) is 8.08. The summed E-state index contributed by atoms with van der Waals surface area (Å²) in [5.74, 6) is -0.0803. The Morgan fingerprint density at radius 3 is 2.21 bits per heavy atom. The van der Waals surface area contributed by atoms with Crippen molar-refractivity contribution in [3.8, 4) is 11.5 Å². The molecule has 1 N–H and O–H groups in total. The van der Waals surface area contributed by atoms with Crippen LogP contribution in [0.25, 0.3) is 0 Å². The first-order valence-electron chi connectivity index (χ1n) is 13.5.